The fourth-order valence-corrected chi connectivity index (χ4v) is 3.68. The van der Waals surface area contributed by atoms with E-state index in [-0.39, 0.29) is 5.91 Å². The van der Waals surface area contributed by atoms with Crippen molar-refractivity contribution in [3.63, 3.8) is 0 Å². The Bertz CT molecular complexity index is 949. The first kappa shape index (κ1) is 18.0. The van der Waals surface area contributed by atoms with Crippen molar-refractivity contribution in [3.05, 3.63) is 63.3 Å². The molecule has 2 aromatic heterocycles. The number of hydrogen-bond donors (Lipinski definition) is 1. The molecule has 0 aliphatic heterocycles. The molecule has 0 radical (unpaired) electrons. The topological polar surface area (TPSA) is 46.9 Å². The molecule has 130 valence electrons. The standard InChI is InChI=1S/C19H19BrClN3O/c1-19(2,9-12-6-4-5-7-16(12)21)23-18(25)13-8-14-15(20)11-24(3)17(14)22-10-13/h4-8,10-11H,9H2,1-3H3,(H,23,25). The Balaban J connectivity index is 1.81. The van der Waals surface area contributed by atoms with Crippen LogP contribution in [0.5, 0.6) is 0 Å². The number of aryl methyl sites for hydroxylation is 1. The molecule has 0 bridgehead atoms. The van der Waals surface area contributed by atoms with Crippen LogP contribution in [0.4, 0.5) is 0 Å². The minimum absolute atomic E-state index is 0.151. The molecule has 0 spiro atoms. The van der Waals surface area contributed by atoms with Gasteiger partial charge in [0, 0.05) is 39.9 Å². The lowest BCUT2D eigenvalue weighted by atomic mass is 9.94. The molecule has 3 aromatic rings. The number of amides is 1. The molecule has 0 saturated carbocycles. The highest BCUT2D eigenvalue weighted by Gasteiger charge is 2.23. The molecule has 2 heterocycles. The highest BCUT2D eigenvalue weighted by Crippen LogP contribution is 2.25. The number of pyridine rings is 1. The molecule has 25 heavy (non-hydrogen) atoms. The molecule has 0 atom stereocenters. The molecule has 0 unspecified atom stereocenters. The van der Waals surface area contributed by atoms with E-state index in [4.69, 9.17) is 11.6 Å². The van der Waals surface area contributed by atoms with Crippen molar-refractivity contribution in [3.8, 4) is 0 Å². The van der Waals surface area contributed by atoms with Gasteiger partial charge in [-0.25, -0.2) is 4.98 Å². The first-order chi connectivity index (χ1) is 11.8. The third-order valence-electron chi connectivity index (χ3n) is 4.07. The Morgan fingerprint density at radius 3 is 2.80 bits per heavy atom. The molecule has 1 aromatic carbocycles. The van der Waals surface area contributed by atoms with Crippen molar-refractivity contribution in [1.82, 2.24) is 14.9 Å². The van der Waals surface area contributed by atoms with Gasteiger partial charge in [-0.05, 0) is 53.9 Å². The summed E-state index contributed by atoms with van der Waals surface area (Å²) in [7, 11) is 1.92. The summed E-state index contributed by atoms with van der Waals surface area (Å²) in [5.41, 5.74) is 1.93. The number of carbonyl (C=O) groups is 1. The van der Waals surface area contributed by atoms with E-state index in [0.29, 0.717) is 17.0 Å². The summed E-state index contributed by atoms with van der Waals surface area (Å²) in [4.78, 5) is 17.1. The molecule has 0 fully saturated rings. The molecule has 1 amide bonds. The number of fused-ring (bicyclic) bond motifs is 1. The maximum Gasteiger partial charge on any atom is 0.253 e. The fourth-order valence-electron chi connectivity index (χ4n) is 2.88. The van der Waals surface area contributed by atoms with Crippen molar-refractivity contribution in [1.29, 1.82) is 0 Å². The van der Waals surface area contributed by atoms with E-state index in [1.165, 1.54) is 0 Å². The summed E-state index contributed by atoms with van der Waals surface area (Å²) in [5.74, 6) is -0.151. The molecule has 0 aliphatic rings. The van der Waals surface area contributed by atoms with E-state index in [0.717, 1.165) is 21.1 Å². The van der Waals surface area contributed by atoms with Crippen LogP contribution in [0.15, 0.2) is 47.2 Å². The number of rotatable bonds is 4. The molecule has 0 saturated heterocycles. The second-order valence-electron chi connectivity index (χ2n) is 6.79. The van der Waals surface area contributed by atoms with Gasteiger partial charge in [-0.15, -0.1) is 0 Å². The number of nitrogens with zero attached hydrogens (tertiary/aromatic N) is 2. The second kappa shape index (κ2) is 6.81. The molecular weight excluding hydrogens is 402 g/mol. The summed E-state index contributed by atoms with van der Waals surface area (Å²) in [6.07, 6.45) is 4.18. The molecular formula is C19H19BrClN3O. The van der Waals surface area contributed by atoms with Gasteiger partial charge in [0.15, 0.2) is 0 Å². The first-order valence-electron chi connectivity index (χ1n) is 7.93. The lowest BCUT2D eigenvalue weighted by Crippen LogP contribution is -2.45. The van der Waals surface area contributed by atoms with Crippen LogP contribution in [-0.2, 0) is 13.5 Å². The average Bonchev–Trinajstić information content (AvgIpc) is 2.83. The molecule has 1 N–H and O–H groups in total. The van der Waals surface area contributed by atoms with E-state index >= 15 is 0 Å². The highest BCUT2D eigenvalue weighted by molar-refractivity contribution is 9.10. The number of aromatic nitrogens is 2. The number of halogens is 2. The van der Waals surface area contributed by atoms with Crippen molar-refractivity contribution in [2.24, 2.45) is 7.05 Å². The van der Waals surface area contributed by atoms with E-state index in [2.05, 4.69) is 26.2 Å². The summed E-state index contributed by atoms with van der Waals surface area (Å²) in [5, 5.41) is 4.70. The van der Waals surface area contributed by atoms with Crippen LogP contribution in [0.3, 0.4) is 0 Å². The van der Waals surface area contributed by atoms with Crippen LogP contribution < -0.4 is 5.32 Å². The molecule has 4 nitrogen and oxygen atoms in total. The number of benzene rings is 1. The predicted octanol–water partition coefficient (Wildman–Crippen LogP) is 4.74. The van der Waals surface area contributed by atoms with Crippen molar-refractivity contribution in [2.75, 3.05) is 0 Å². The van der Waals surface area contributed by atoms with E-state index in [9.17, 15) is 4.79 Å². The zero-order chi connectivity index (χ0) is 18.2. The summed E-state index contributed by atoms with van der Waals surface area (Å²) in [6.45, 7) is 3.97. The summed E-state index contributed by atoms with van der Waals surface area (Å²) in [6, 6.07) is 9.54. The fraction of sp³-hybridized carbons (Fsp3) is 0.263. The van der Waals surface area contributed by atoms with Gasteiger partial charge in [-0.2, -0.15) is 0 Å². The third-order valence-corrected chi connectivity index (χ3v) is 5.07. The lowest BCUT2D eigenvalue weighted by Gasteiger charge is -2.27. The van der Waals surface area contributed by atoms with Crippen molar-refractivity contribution in [2.45, 2.75) is 25.8 Å². The van der Waals surface area contributed by atoms with Crippen LogP contribution in [-0.4, -0.2) is 21.0 Å². The largest absolute Gasteiger partial charge is 0.347 e. The van der Waals surface area contributed by atoms with Crippen LogP contribution >= 0.6 is 27.5 Å². The smallest absolute Gasteiger partial charge is 0.253 e. The predicted molar refractivity (Wildman–Crippen MR) is 105 cm³/mol. The van der Waals surface area contributed by atoms with Gasteiger partial charge in [-0.1, -0.05) is 29.8 Å². The number of carbonyl (C=O) groups excluding carboxylic acids is 1. The quantitative estimate of drug-likeness (QED) is 0.662. The Hall–Kier alpha value is -1.85. The number of nitrogens with one attached hydrogen (secondary N) is 1. The van der Waals surface area contributed by atoms with Gasteiger partial charge >= 0.3 is 0 Å². The average molecular weight is 421 g/mol. The Morgan fingerprint density at radius 1 is 1.36 bits per heavy atom. The zero-order valence-corrected chi connectivity index (χ0v) is 16.6. The Labute approximate surface area is 160 Å². The minimum atomic E-state index is -0.440. The van der Waals surface area contributed by atoms with Crippen LogP contribution in [0.1, 0.15) is 29.8 Å². The van der Waals surface area contributed by atoms with Crippen molar-refractivity contribution >= 4 is 44.5 Å². The van der Waals surface area contributed by atoms with Gasteiger partial charge in [0.25, 0.3) is 5.91 Å². The van der Waals surface area contributed by atoms with E-state index in [1.807, 2.05) is 62.0 Å². The van der Waals surface area contributed by atoms with Crippen LogP contribution in [0.25, 0.3) is 11.0 Å². The number of hydrogen-bond acceptors (Lipinski definition) is 2. The first-order valence-corrected chi connectivity index (χ1v) is 9.10. The highest BCUT2D eigenvalue weighted by atomic mass is 79.9. The second-order valence-corrected chi connectivity index (χ2v) is 8.05. The normalized spacial score (nSPS) is 11.7. The van der Waals surface area contributed by atoms with Gasteiger partial charge in [0.2, 0.25) is 0 Å². The van der Waals surface area contributed by atoms with Crippen LogP contribution in [0.2, 0.25) is 5.02 Å². The van der Waals surface area contributed by atoms with Gasteiger partial charge in [0.1, 0.15) is 5.65 Å². The summed E-state index contributed by atoms with van der Waals surface area (Å²) >= 11 is 9.75. The lowest BCUT2D eigenvalue weighted by molar-refractivity contribution is 0.0913. The van der Waals surface area contributed by atoms with Gasteiger partial charge in [-0.3, -0.25) is 4.79 Å². The minimum Gasteiger partial charge on any atom is -0.347 e. The molecule has 6 heteroatoms. The van der Waals surface area contributed by atoms with Gasteiger partial charge < -0.3 is 9.88 Å². The maximum atomic E-state index is 12.7. The van der Waals surface area contributed by atoms with Crippen molar-refractivity contribution < 1.29 is 4.79 Å². The third kappa shape index (κ3) is 3.88. The van der Waals surface area contributed by atoms with Crippen LogP contribution in [0, 0.1) is 0 Å². The monoisotopic (exact) mass is 419 g/mol. The maximum absolute atomic E-state index is 12.7. The van der Waals surface area contributed by atoms with Gasteiger partial charge in [0.05, 0.1) is 5.56 Å². The SMILES string of the molecule is Cn1cc(Br)c2cc(C(=O)NC(C)(C)Cc3ccccc3Cl)cnc21. The van der Waals surface area contributed by atoms with E-state index in [1.54, 1.807) is 6.20 Å². The Morgan fingerprint density at radius 2 is 2.08 bits per heavy atom. The molecule has 3 rings (SSSR count). The molecule has 0 aliphatic carbocycles. The summed E-state index contributed by atoms with van der Waals surface area (Å²) < 4.78 is 2.84. The Kier molecular flexibility index (Phi) is 4.89. The zero-order valence-electron chi connectivity index (χ0n) is 14.3. The van der Waals surface area contributed by atoms with E-state index < -0.39 is 5.54 Å².